The van der Waals surface area contributed by atoms with Crippen LogP contribution in [-0.2, 0) is 0 Å². The molecule has 2 aliphatic heterocycles. The summed E-state index contributed by atoms with van der Waals surface area (Å²) >= 11 is 0. The average molecular weight is 247 g/mol. The summed E-state index contributed by atoms with van der Waals surface area (Å²) in [5, 5.41) is 3.60. The van der Waals surface area contributed by atoms with E-state index in [1.807, 2.05) is 12.1 Å². The second kappa shape index (κ2) is 5.14. The van der Waals surface area contributed by atoms with E-state index in [0.29, 0.717) is 11.9 Å². The first kappa shape index (κ1) is 11.8. The molecule has 2 saturated heterocycles. The van der Waals surface area contributed by atoms with Gasteiger partial charge in [0.15, 0.2) is 0 Å². The highest BCUT2D eigenvalue weighted by atomic mass is 16.5. The van der Waals surface area contributed by atoms with Gasteiger partial charge in [-0.05, 0) is 44.4 Å². The van der Waals surface area contributed by atoms with Crippen molar-refractivity contribution in [2.75, 3.05) is 25.5 Å². The fourth-order valence-corrected chi connectivity index (χ4v) is 3.24. The fraction of sp³-hybridized carbons (Fsp3) is 0.643. The molecule has 0 bridgehead atoms. The number of nitrogens with one attached hydrogen (secondary N) is 1. The summed E-state index contributed by atoms with van der Waals surface area (Å²) in [7, 11) is 1.67. The first-order valence-corrected chi connectivity index (χ1v) is 6.86. The molecule has 3 rings (SSSR count). The van der Waals surface area contributed by atoms with E-state index in [0.717, 1.165) is 11.7 Å². The van der Waals surface area contributed by atoms with E-state index >= 15 is 0 Å². The molecule has 0 radical (unpaired) electrons. The van der Waals surface area contributed by atoms with E-state index < -0.39 is 0 Å². The van der Waals surface area contributed by atoms with E-state index in [1.165, 1.54) is 38.8 Å². The van der Waals surface area contributed by atoms with Crippen molar-refractivity contribution in [3.63, 3.8) is 0 Å². The molecule has 2 aliphatic rings. The Morgan fingerprint density at radius 1 is 1.39 bits per heavy atom. The largest absolute Gasteiger partial charge is 0.480 e. The third kappa shape index (κ3) is 2.29. The summed E-state index contributed by atoms with van der Waals surface area (Å²) in [6.45, 7) is 2.53. The lowest BCUT2D eigenvalue weighted by molar-refractivity contribution is 0.188. The van der Waals surface area contributed by atoms with Gasteiger partial charge in [0, 0.05) is 24.8 Å². The molecule has 0 aromatic carbocycles. The molecule has 98 valence electrons. The minimum Gasteiger partial charge on any atom is -0.480 e. The van der Waals surface area contributed by atoms with Crippen molar-refractivity contribution in [3.8, 4) is 5.88 Å². The Morgan fingerprint density at radius 3 is 3.22 bits per heavy atom. The van der Waals surface area contributed by atoms with Crippen molar-refractivity contribution in [2.24, 2.45) is 0 Å². The standard InChI is InChI=1S/C14H21N3O/c1-18-14-13(5-2-7-15-14)16-11-6-9-17-8-3-4-12(17)10-11/h2,5,7,11-12,16H,3-4,6,8-10H2,1H3. The van der Waals surface area contributed by atoms with Crippen LogP contribution >= 0.6 is 0 Å². The zero-order chi connectivity index (χ0) is 12.4. The molecule has 1 N–H and O–H groups in total. The van der Waals surface area contributed by atoms with E-state index in [-0.39, 0.29) is 0 Å². The number of hydrogen-bond donors (Lipinski definition) is 1. The third-order valence-corrected chi connectivity index (χ3v) is 4.14. The van der Waals surface area contributed by atoms with Crippen molar-refractivity contribution in [3.05, 3.63) is 18.3 Å². The topological polar surface area (TPSA) is 37.4 Å². The average Bonchev–Trinajstić information content (AvgIpc) is 2.87. The molecule has 2 unspecified atom stereocenters. The van der Waals surface area contributed by atoms with E-state index in [2.05, 4.69) is 15.2 Å². The summed E-state index contributed by atoms with van der Waals surface area (Å²) in [6.07, 6.45) is 6.96. The maximum atomic E-state index is 5.29. The van der Waals surface area contributed by atoms with Crippen molar-refractivity contribution in [1.82, 2.24) is 9.88 Å². The monoisotopic (exact) mass is 247 g/mol. The zero-order valence-electron chi connectivity index (χ0n) is 10.9. The Kier molecular flexibility index (Phi) is 3.37. The second-order valence-corrected chi connectivity index (χ2v) is 5.26. The molecule has 2 fully saturated rings. The van der Waals surface area contributed by atoms with Crippen LogP contribution in [0, 0.1) is 0 Å². The normalized spacial score (nSPS) is 27.8. The van der Waals surface area contributed by atoms with E-state index in [9.17, 15) is 0 Å². The van der Waals surface area contributed by atoms with E-state index in [4.69, 9.17) is 4.74 Å². The van der Waals surface area contributed by atoms with Crippen molar-refractivity contribution in [1.29, 1.82) is 0 Å². The lowest BCUT2D eigenvalue weighted by atomic mass is 9.97. The van der Waals surface area contributed by atoms with Gasteiger partial charge < -0.3 is 15.0 Å². The van der Waals surface area contributed by atoms with Crippen molar-refractivity contribution >= 4 is 5.69 Å². The first-order chi connectivity index (χ1) is 8.86. The Labute approximate surface area is 108 Å². The number of fused-ring (bicyclic) bond motifs is 1. The highest BCUT2D eigenvalue weighted by Gasteiger charge is 2.31. The molecule has 4 nitrogen and oxygen atoms in total. The van der Waals surface area contributed by atoms with Gasteiger partial charge in [-0.3, -0.25) is 0 Å². The van der Waals surface area contributed by atoms with Gasteiger partial charge in [0.2, 0.25) is 5.88 Å². The zero-order valence-corrected chi connectivity index (χ0v) is 10.9. The summed E-state index contributed by atoms with van der Waals surface area (Å²) in [5.41, 5.74) is 1.02. The predicted molar refractivity (Wildman–Crippen MR) is 72.0 cm³/mol. The number of pyridine rings is 1. The Hall–Kier alpha value is -1.29. The van der Waals surface area contributed by atoms with Gasteiger partial charge in [0.1, 0.15) is 0 Å². The number of ether oxygens (including phenoxy) is 1. The molecule has 0 amide bonds. The van der Waals surface area contributed by atoms with Crippen LogP contribution in [-0.4, -0.2) is 42.2 Å². The number of methoxy groups -OCH3 is 1. The van der Waals surface area contributed by atoms with Crippen LogP contribution in [0.3, 0.4) is 0 Å². The lowest BCUT2D eigenvalue weighted by Gasteiger charge is -2.35. The smallest absolute Gasteiger partial charge is 0.237 e. The first-order valence-electron chi connectivity index (χ1n) is 6.86. The van der Waals surface area contributed by atoms with Gasteiger partial charge in [-0.15, -0.1) is 0 Å². The number of hydrogen-bond acceptors (Lipinski definition) is 4. The number of nitrogens with zero attached hydrogens (tertiary/aromatic N) is 2. The maximum Gasteiger partial charge on any atom is 0.237 e. The Morgan fingerprint density at radius 2 is 2.33 bits per heavy atom. The molecule has 4 heteroatoms. The van der Waals surface area contributed by atoms with Crippen LogP contribution in [0.5, 0.6) is 5.88 Å². The molecular weight excluding hydrogens is 226 g/mol. The number of rotatable bonds is 3. The number of aromatic nitrogens is 1. The maximum absolute atomic E-state index is 5.29. The SMILES string of the molecule is COc1ncccc1NC1CCN2CCCC2C1. The molecule has 0 aliphatic carbocycles. The van der Waals surface area contributed by atoms with Gasteiger partial charge >= 0.3 is 0 Å². The van der Waals surface area contributed by atoms with Crippen LogP contribution in [0.15, 0.2) is 18.3 Å². The van der Waals surface area contributed by atoms with Crippen LogP contribution in [0.25, 0.3) is 0 Å². The molecular formula is C14H21N3O. The Bertz CT molecular complexity index is 410. The minimum absolute atomic E-state index is 0.558. The van der Waals surface area contributed by atoms with Gasteiger partial charge in [0.05, 0.1) is 12.8 Å². The van der Waals surface area contributed by atoms with Gasteiger partial charge in [-0.1, -0.05) is 0 Å². The van der Waals surface area contributed by atoms with Gasteiger partial charge in [-0.25, -0.2) is 4.98 Å². The molecule has 0 saturated carbocycles. The Balaban J connectivity index is 1.66. The number of piperidine rings is 1. The van der Waals surface area contributed by atoms with Gasteiger partial charge in [0.25, 0.3) is 0 Å². The van der Waals surface area contributed by atoms with Crippen LogP contribution in [0.4, 0.5) is 5.69 Å². The minimum atomic E-state index is 0.558. The van der Waals surface area contributed by atoms with E-state index in [1.54, 1.807) is 13.3 Å². The fourth-order valence-electron chi connectivity index (χ4n) is 3.24. The van der Waals surface area contributed by atoms with Crippen LogP contribution < -0.4 is 10.1 Å². The van der Waals surface area contributed by atoms with Crippen LogP contribution in [0.2, 0.25) is 0 Å². The summed E-state index contributed by atoms with van der Waals surface area (Å²) in [5.74, 6) is 0.700. The lowest BCUT2D eigenvalue weighted by Crippen LogP contribution is -2.42. The second-order valence-electron chi connectivity index (χ2n) is 5.26. The quantitative estimate of drug-likeness (QED) is 0.888. The predicted octanol–water partition coefficient (Wildman–Crippen LogP) is 2.13. The van der Waals surface area contributed by atoms with Gasteiger partial charge in [-0.2, -0.15) is 0 Å². The highest BCUT2D eigenvalue weighted by molar-refractivity contribution is 5.52. The van der Waals surface area contributed by atoms with Crippen LogP contribution in [0.1, 0.15) is 25.7 Å². The molecule has 1 aromatic rings. The number of anilines is 1. The molecule has 18 heavy (non-hydrogen) atoms. The highest BCUT2D eigenvalue weighted by Crippen LogP contribution is 2.30. The molecule has 0 spiro atoms. The van der Waals surface area contributed by atoms with Crippen molar-refractivity contribution < 1.29 is 4.74 Å². The van der Waals surface area contributed by atoms with Crippen molar-refractivity contribution in [2.45, 2.75) is 37.8 Å². The third-order valence-electron chi connectivity index (χ3n) is 4.14. The molecule has 1 aromatic heterocycles. The summed E-state index contributed by atoms with van der Waals surface area (Å²) < 4.78 is 5.29. The summed E-state index contributed by atoms with van der Waals surface area (Å²) in [6, 6.07) is 5.35. The molecule has 2 atom stereocenters. The molecule has 3 heterocycles. The summed E-state index contributed by atoms with van der Waals surface area (Å²) in [4.78, 5) is 6.87.